The second kappa shape index (κ2) is 6.97. The summed E-state index contributed by atoms with van der Waals surface area (Å²) < 4.78 is 16.1. The Bertz CT molecular complexity index is 815. The maximum atomic E-state index is 12.3. The molecule has 0 radical (unpaired) electrons. The first-order chi connectivity index (χ1) is 12.0. The number of carbonyl (C=O) groups excluding carboxylic acids is 2. The number of carbonyl (C=O) groups is 2. The summed E-state index contributed by atoms with van der Waals surface area (Å²) in [6.07, 6.45) is 0. The predicted octanol–water partition coefficient (Wildman–Crippen LogP) is 3.42. The third kappa shape index (κ3) is 3.65. The zero-order chi connectivity index (χ0) is 18.0. The maximum Gasteiger partial charge on any atom is 0.339 e. The summed E-state index contributed by atoms with van der Waals surface area (Å²) in [5.74, 6) is 0.382. The van der Waals surface area contributed by atoms with Crippen molar-refractivity contribution in [2.24, 2.45) is 0 Å². The van der Waals surface area contributed by atoms with Crippen molar-refractivity contribution in [1.29, 1.82) is 0 Å². The molecule has 0 spiro atoms. The number of hydrogen-bond acceptors (Lipinski definition) is 5. The molecule has 2 aromatic carbocycles. The number of fused-ring (bicyclic) bond motifs is 1. The van der Waals surface area contributed by atoms with Crippen LogP contribution in [0.3, 0.4) is 0 Å². The van der Waals surface area contributed by atoms with Crippen LogP contribution in [0.5, 0.6) is 11.5 Å². The number of Topliss-reactive ketones (excluding diaryl/α,β-unsaturated/α-hetero) is 1. The quantitative estimate of drug-likeness (QED) is 0.630. The number of hydrogen-bond donors (Lipinski definition) is 0. The minimum Gasteiger partial charge on any atom is -0.486 e. The lowest BCUT2D eigenvalue weighted by molar-refractivity contribution is 0.0473. The van der Waals surface area contributed by atoms with Crippen molar-refractivity contribution < 1.29 is 23.8 Å². The molecule has 5 heteroatoms. The number of esters is 1. The minimum absolute atomic E-state index is 0.284. The van der Waals surface area contributed by atoms with Gasteiger partial charge in [-0.2, -0.15) is 0 Å². The van der Waals surface area contributed by atoms with E-state index in [0.29, 0.717) is 35.8 Å². The highest BCUT2D eigenvalue weighted by atomic mass is 16.6. The van der Waals surface area contributed by atoms with Crippen molar-refractivity contribution in [2.45, 2.75) is 20.8 Å². The van der Waals surface area contributed by atoms with Crippen LogP contribution in [0.25, 0.3) is 0 Å². The molecule has 0 aliphatic carbocycles. The Hall–Kier alpha value is -2.82. The first-order valence-electron chi connectivity index (χ1n) is 8.13. The molecule has 0 N–H and O–H groups in total. The van der Waals surface area contributed by atoms with Crippen molar-refractivity contribution in [1.82, 2.24) is 0 Å². The van der Waals surface area contributed by atoms with E-state index in [4.69, 9.17) is 14.2 Å². The average molecular weight is 340 g/mol. The topological polar surface area (TPSA) is 61.8 Å². The molecule has 0 amide bonds. The molecule has 130 valence electrons. The first-order valence-corrected chi connectivity index (χ1v) is 8.13. The third-order valence-electron chi connectivity index (χ3n) is 4.08. The second-order valence-corrected chi connectivity index (χ2v) is 6.13. The summed E-state index contributed by atoms with van der Waals surface area (Å²) >= 11 is 0. The van der Waals surface area contributed by atoms with Gasteiger partial charge in [0.2, 0.25) is 0 Å². The van der Waals surface area contributed by atoms with Gasteiger partial charge < -0.3 is 14.2 Å². The van der Waals surface area contributed by atoms with Crippen molar-refractivity contribution in [3.8, 4) is 11.5 Å². The molecular formula is C20H20O5. The summed E-state index contributed by atoms with van der Waals surface area (Å²) in [6.45, 7) is 6.32. The lowest BCUT2D eigenvalue weighted by Gasteiger charge is -2.18. The van der Waals surface area contributed by atoms with Crippen molar-refractivity contribution >= 4 is 11.8 Å². The Kier molecular flexibility index (Phi) is 4.74. The summed E-state index contributed by atoms with van der Waals surface area (Å²) in [4.78, 5) is 24.7. The predicted molar refractivity (Wildman–Crippen MR) is 92.7 cm³/mol. The van der Waals surface area contributed by atoms with Crippen molar-refractivity contribution in [3.63, 3.8) is 0 Å². The van der Waals surface area contributed by atoms with Gasteiger partial charge in [0.25, 0.3) is 0 Å². The van der Waals surface area contributed by atoms with E-state index in [1.54, 1.807) is 18.2 Å². The van der Waals surface area contributed by atoms with E-state index in [1.165, 1.54) is 0 Å². The third-order valence-corrected chi connectivity index (χ3v) is 4.08. The van der Waals surface area contributed by atoms with Crippen LogP contribution in [0.15, 0.2) is 30.3 Å². The normalized spacial score (nSPS) is 12.6. The Morgan fingerprint density at radius 2 is 1.60 bits per heavy atom. The molecule has 0 saturated heterocycles. The zero-order valence-electron chi connectivity index (χ0n) is 14.5. The van der Waals surface area contributed by atoms with E-state index in [2.05, 4.69) is 0 Å². The van der Waals surface area contributed by atoms with E-state index in [0.717, 1.165) is 16.7 Å². The molecular weight excluding hydrogens is 320 g/mol. The smallest absolute Gasteiger partial charge is 0.339 e. The molecule has 0 atom stereocenters. The van der Waals surface area contributed by atoms with Gasteiger partial charge in [-0.3, -0.25) is 4.79 Å². The Balaban J connectivity index is 1.69. The second-order valence-electron chi connectivity index (χ2n) is 6.13. The molecule has 1 aliphatic rings. The van der Waals surface area contributed by atoms with E-state index >= 15 is 0 Å². The first kappa shape index (κ1) is 17.0. The van der Waals surface area contributed by atoms with E-state index in [1.807, 2.05) is 32.9 Å². The van der Waals surface area contributed by atoms with Gasteiger partial charge >= 0.3 is 5.97 Å². The summed E-state index contributed by atoms with van der Waals surface area (Å²) in [5.41, 5.74) is 3.71. The van der Waals surface area contributed by atoms with Gasteiger partial charge in [0, 0.05) is 5.56 Å². The van der Waals surface area contributed by atoms with Gasteiger partial charge in [-0.05, 0) is 50.1 Å². The summed E-state index contributed by atoms with van der Waals surface area (Å²) in [5, 5.41) is 0. The number of ether oxygens (including phenoxy) is 3. The fourth-order valence-corrected chi connectivity index (χ4v) is 3.01. The minimum atomic E-state index is -0.485. The van der Waals surface area contributed by atoms with Crippen LogP contribution >= 0.6 is 0 Å². The Labute approximate surface area is 146 Å². The van der Waals surface area contributed by atoms with Crippen LogP contribution in [0, 0.1) is 20.8 Å². The molecule has 0 bridgehead atoms. The van der Waals surface area contributed by atoms with E-state index < -0.39 is 5.97 Å². The molecule has 0 unspecified atom stereocenters. The molecule has 25 heavy (non-hydrogen) atoms. The van der Waals surface area contributed by atoms with Crippen molar-refractivity contribution in [3.05, 3.63) is 58.1 Å². The maximum absolute atomic E-state index is 12.3. The number of benzene rings is 2. The molecule has 0 fully saturated rings. The fourth-order valence-electron chi connectivity index (χ4n) is 3.01. The molecule has 2 aromatic rings. The monoisotopic (exact) mass is 340 g/mol. The zero-order valence-corrected chi connectivity index (χ0v) is 14.5. The van der Waals surface area contributed by atoms with Gasteiger partial charge in [-0.1, -0.05) is 17.7 Å². The summed E-state index contributed by atoms with van der Waals surface area (Å²) in [6, 6.07) is 8.80. The van der Waals surface area contributed by atoms with Gasteiger partial charge in [-0.15, -0.1) is 0 Å². The van der Waals surface area contributed by atoms with Gasteiger partial charge in [0.1, 0.15) is 13.2 Å². The number of aryl methyl sites for hydroxylation is 3. The lowest BCUT2D eigenvalue weighted by Crippen LogP contribution is -2.18. The highest BCUT2D eigenvalue weighted by molar-refractivity contribution is 6.00. The van der Waals surface area contributed by atoms with Crippen LogP contribution < -0.4 is 9.47 Å². The van der Waals surface area contributed by atoms with Gasteiger partial charge in [-0.25, -0.2) is 4.79 Å². The highest BCUT2D eigenvalue weighted by Crippen LogP contribution is 2.30. The Morgan fingerprint density at radius 3 is 2.28 bits per heavy atom. The molecule has 5 nitrogen and oxygen atoms in total. The van der Waals surface area contributed by atoms with E-state index in [-0.39, 0.29) is 12.4 Å². The molecule has 0 aromatic heterocycles. The number of rotatable bonds is 4. The molecule has 1 aliphatic heterocycles. The van der Waals surface area contributed by atoms with Crippen LogP contribution in [0.1, 0.15) is 37.4 Å². The van der Waals surface area contributed by atoms with Gasteiger partial charge in [0.15, 0.2) is 23.9 Å². The average Bonchev–Trinajstić information content (AvgIpc) is 2.58. The molecule has 0 saturated carbocycles. The SMILES string of the molecule is Cc1cc(C)c(C(=O)OCC(=O)c2ccc3c(c2)OCCO3)c(C)c1. The van der Waals surface area contributed by atoms with Crippen LogP contribution in [-0.4, -0.2) is 31.6 Å². The molecule has 1 heterocycles. The largest absolute Gasteiger partial charge is 0.486 e. The Morgan fingerprint density at radius 1 is 0.960 bits per heavy atom. The number of ketones is 1. The van der Waals surface area contributed by atoms with Crippen molar-refractivity contribution in [2.75, 3.05) is 19.8 Å². The van der Waals surface area contributed by atoms with Gasteiger partial charge in [0.05, 0.1) is 5.56 Å². The molecule has 3 rings (SSSR count). The van der Waals surface area contributed by atoms with Crippen LogP contribution in [0.4, 0.5) is 0 Å². The summed E-state index contributed by atoms with van der Waals surface area (Å²) in [7, 11) is 0. The fraction of sp³-hybridized carbons (Fsp3) is 0.300. The van der Waals surface area contributed by atoms with Crippen LogP contribution in [0.2, 0.25) is 0 Å². The van der Waals surface area contributed by atoms with Crippen LogP contribution in [-0.2, 0) is 4.74 Å². The van der Waals surface area contributed by atoms with E-state index in [9.17, 15) is 9.59 Å². The standard InChI is InChI=1S/C20H20O5/c1-12-8-13(2)19(14(3)9-12)20(22)25-11-16(21)15-4-5-17-18(10-15)24-7-6-23-17/h4-5,8-10H,6-7,11H2,1-3H3. The highest BCUT2D eigenvalue weighted by Gasteiger charge is 2.18. The lowest BCUT2D eigenvalue weighted by atomic mass is 10.00.